The lowest BCUT2D eigenvalue weighted by Gasteiger charge is -2.34. The molecule has 0 bridgehead atoms. The number of nitrogens with one attached hydrogen (secondary N) is 1. The molecule has 2 unspecified atom stereocenters. The second-order valence-electron chi connectivity index (χ2n) is 5.22. The van der Waals surface area contributed by atoms with Crippen molar-refractivity contribution in [2.75, 3.05) is 25.5 Å². The van der Waals surface area contributed by atoms with E-state index >= 15 is 0 Å². The molecule has 0 spiro atoms. The molecule has 19 heavy (non-hydrogen) atoms. The number of pyridine rings is 1. The van der Waals surface area contributed by atoms with Gasteiger partial charge >= 0.3 is 0 Å². The Balaban J connectivity index is 2.17. The van der Waals surface area contributed by atoms with Crippen molar-refractivity contribution in [2.24, 2.45) is 5.92 Å². The van der Waals surface area contributed by atoms with Gasteiger partial charge in [-0.3, -0.25) is 4.79 Å². The maximum absolute atomic E-state index is 12.5. The van der Waals surface area contributed by atoms with E-state index in [4.69, 9.17) is 0 Å². The molecule has 1 aromatic rings. The van der Waals surface area contributed by atoms with Gasteiger partial charge in [0.2, 0.25) is 0 Å². The van der Waals surface area contributed by atoms with Gasteiger partial charge in [-0.1, -0.05) is 6.92 Å². The number of rotatable bonds is 2. The first kappa shape index (κ1) is 13.8. The average molecular weight is 263 g/mol. The smallest absolute Gasteiger partial charge is 0.254 e. The van der Waals surface area contributed by atoms with E-state index in [9.17, 15) is 9.90 Å². The number of aliphatic hydroxyl groups excluding tert-OH is 1. The van der Waals surface area contributed by atoms with Crippen LogP contribution in [0.5, 0.6) is 0 Å². The van der Waals surface area contributed by atoms with Crippen molar-refractivity contribution in [1.82, 2.24) is 9.88 Å². The fraction of sp³-hybridized carbons (Fsp3) is 0.571. The Kier molecular flexibility index (Phi) is 4.04. The molecule has 1 amide bonds. The number of anilines is 1. The minimum atomic E-state index is -0.295. The minimum Gasteiger partial charge on any atom is -0.393 e. The molecule has 0 radical (unpaired) electrons. The summed E-state index contributed by atoms with van der Waals surface area (Å²) in [4.78, 5) is 18.6. The lowest BCUT2D eigenvalue weighted by molar-refractivity contribution is 0.0297. The molecule has 2 atom stereocenters. The molecule has 1 aromatic heterocycles. The van der Waals surface area contributed by atoms with Crippen LogP contribution in [0.2, 0.25) is 0 Å². The number of aliphatic hydroxyl groups is 1. The second kappa shape index (κ2) is 5.57. The Morgan fingerprint density at radius 1 is 1.53 bits per heavy atom. The molecule has 2 rings (SSSR count). The monoisotopic (exact) mass is 263 g/mol. The Morgan fingerprint density at radius 2 is 2.26 bits per heavy atom. The first-order valence-electron chi connectivity index (χ1n) is 6.65. The Labute approximate surface area is 113 Å². The first-order valence-corrected chi connectivity index (χ1v) is 6.65. The molecule has 0 saturated carbocycles. The Morgan fingerprint density at radius 3 is 2.89 bits per heavy atom. The standard InChI is InChI=1S/C14H21N3O2/c1-9-8-17(5-4-12(9)18)14(19)11-6-10(2)16-13(7-11)15-3/h6-7,9,12,18H,4-5,8H2,1-3H3,(H,15,16). The number of piperidine rings is 1. The summed E-state index contributed by atoms with van der Waals surface area (Å²) in [5, 5.41) is 12.7. The van der Waals surface area contributed by atoms with Crippen molar-refractivity contribution in [3.05, 3.63) is 23.4 Å². The third kappa shape index (κ3) is 3.04. The highest BCUT2D eigenvalue weighted by Crippen LogP contribution is 2.20. The highest BCUT2D eigenvalue weighted by atomic mass is 16.3. The van der Waals surface area contributed by atoms with Gasteiger partial charge < -0.3 is 15.3 Å². The zero-order valence-corrected chi connectivity index (χ0v) is 11.7. The lowest BCUT2D eigenvalue weighted by Crippen LogP contribution is -2.45. The van der Waals surface area contributed by atoms with Crippen LogP contribution in [0.15, 0.2) is 12.1 Å². The normalized spacial score (nSPS) is 23.3. The maximum Gasteiger partial charge on any atom is 0.254 e. The van der Waals surface area contributed by atoms with E-state index in [-0.39, 0.29) is 17.9 Å². The summed E-state index contributed by atoms with van der Waals surface area (Å²) in [5.74, 6) is 0.846. The Bertz CT molecular complexity index is 476. The maximum atomic E-state index is 12.5. The van der Waals surface area contributed by atoms with Crippen LogP contribution >= 0.6 is 0 Å². The fourth-order valence-electron chi connectivity index (χ4n) is 2.42. The van der Waals surface area contributed by atoms with Gasteiger partial charge in [-0.2, -0.15) is 0 Å². The number of hydrogen-bond donors (Lipinski definition) is 2. The molecule has 2 heterocycles. The van der Waals surface area contributed by atoms with Crippen LogP contribution in [-0.4, -0.2) is 47.1 Å². The predicted octanol–water partition coefficient (Wildman–Crippen LogP) is 1.27. The summed E-state index contributed by atoms with van der Waals surface area (Å²) in [6, 6.07) is 3.57. The number of aryl methyl sites for hydroxylation is 1. The molecular formula is C14H21N3O2. The summed E-state index contributed by atoms with van der Waals surface area (Å²) in [6.07, 6.45) is 0.353. The summed E-state index contributed by atoms with van der Waals surface area (Å²) in [7, 11) is 1.79. The van der Waals surface area contributed by atoms with Crippen molar-refractivity contribution in [2.45, 2.75) is 26.4 Å². The van der Waals surface area contributed by atoms with E-state index in [1.807, 2.05) is 18.7 Å². The number of nitrogens with zero attached hydrogens (tertiary/aromatic N) is 2. The van der Waals surface area contributed by atoms with E-state index in [0.717, 1.165) is 5.69 Å². The van der Waals surface area contributed by atoms with E-state index in [1.165, 1.54) is 0 Å². The van der Waals surface area contributed by atoms with Gasteiger partial charge in [0, 0.05) is 31.4 Å². The third-order valence-corrected chi connectivity index (χ3v) is 3.60. The van der Waals surface area contributed by atoms with Crippen molar-refractivity contribution < 1.29 is 9.90 Å². The van der Waals surface area contributed by atoms with E-state index in [2.05, 4.69) is 10.3 Å². The van der Waals surface area contributed by atoms with Crippen LogP contribution in [0.3, 0.4) is 0 Å². The van der Waals surface area contributed by atoms with Crippen LogP contribution in [0.4, 0.5) is 5.82 Å². The summed E-state index contributed by atoms with van der Waals surface area (Å²) < 4.78 is 0. The van der Waals surface area contributed by atoms with Crippen LogP contribution in [-0.2, 0) is 0 Å². The zero-order chi connectivity index (χ0) is 14.0. The molecule has 2 N–H and O–H groups in total. The minimum absolute atomic E-state index is 0.0146. The lowest BCUT2D eigenvalue weighted by atomic mass is 9.96. The highest BCUT2D eigenvalue weighted by Gasteiger charge is 2.27. The molecule has 0 aliphatic carbocycles. The molecule has 1 aliphatic rings. The second-order valence-corrected chi connectivity index (χ2v) is 5.22. The van der Waals surface area contributed by atoms with Gasteiger partial charge in [0.25, 0.3) is 5.91 Å². The van der Waals surface area contributed by atoms with Gasteiger partial charge in [-0.25, -0.2) is 4.98 Å². The van der Waals surface area contributed by atoms with E-state index in [0.29, 0.717) is 30.9 Å². The van der Waals surface area contributed by atoms with Crippen molar-refractivity contribution in [3.63, 3.8) is 0 Å². The number of carbonyl (C=O) groups excluding carboxylic acids is 1. The third-order valence-electron chi connectivity index (χ3n) is 3.60. The summed E-state index contributed by atoms with van der Waals surface area (Å²) >= 11 is 0. The molecule has 104 valence electrons. The van der Waals surface area contributed by atoms with Gasteiger partial charge in [-0.15, -0.1) is 0 Å². The van der Waals surface area contributed by atoms with Crippen molar-refractivity contribution >= 4 is 11.7 Å². The van der Waals surface area contributed by atoms with Crippen molar-refractivity contribution in [3.8, 4) is 0 Å². The molecule has 1 aliphatic heterocycles. The topological polar surface area (TPSA) is 65.5 Å². The SMILES string of the molecule is CNc1cc(C(=O)N2CCC(O)C(C)C2)cc(C)n1. The van der Waals surface area contributed by atoms with Crippen LogP contribution in [0.1, 0.15) is 29.4 Å². The first-order chi connectivity index (χ1) is 9.01. The van der Waals surface area contributed by atoms with Gasteiger partial charge in [0.1, 0.15) is 5.82 Å². The molecule has 1 fully saturated rings. The molecule has 0 aromatic carbocycles. The highest BCUT2D eigenvalue weighted by molar-refractivity contribution is 5.95. The van der Waals surface area contributed by atoms with E-state index in [1.54, 1.807) is 19.2 Å². The zero-order valence-electron chi connectivity index (χ0n) is 11.7. The van der Waals surface area contributed by atoms with E-state index < -0.39 is 0 Å². The van der Waals surface area contributed by atoms with Gasteiger partial charge in [-0.05, 0) is 31.4 Å². The van der Waals surface area contributed by atoms with Gasteiger partial charge in [0.05, 0.1) is 6.10 Å². The van der Waals surface area contributed by atoms with Gasteiger partial charge in [0.15, 0.2) is 0 Å². The number of hydrogen-bond acceptors (Lipinski definition) is 4. The van der Waals surface area contributed by atoms with Crippen LogP contribution in [0.25, 0.3) is 0 Å². The van der Waals surface area contributed by atoms with Crippen molar-refractivity contribution in [1.29, 1.82) is 0 Å². The number of likely N-dealkylation sites (tertiary alicyclic amines) is 1. The molecule has 5 heteroatoms. The van der Waals surface area contributed by atoms with Crippen LogP contribution in [0, 0.1) is 12.8 Å². The number of amides is 1. The molecular weight excluding hydrogens is 242 g/mol. The van der Waals surface area contributed by atoms with Crippen LogP contribution < -0.4 is 5.32 Å². The summed E-state index contributed by atoms with van der Waals surface area (Å²) in [6.45, 7) is 5.07. The molecule has 5 nitrogen and oxygen atoms in total. The fourth-order valence-corrected chi connectivity index (χ4v) is 2.42. The average Bonchev–Trinajstić information content (AvgIpc) is 2.40. The number of aromatic nitrogens is 1. The number of carbonyl (C=O) groups is 1. The largest absolute Gasteiger partial charge is 0.393 e. The molecule has 1 saturated heterocycles. The quantitative estimate of drug-likeness (QED) is 0.843. The Hall–Kier alpha value is -1.62. The predicted molar refractivity (Wildman–Crippen MR) is 74.2 cm³/mol. The summed E-state index contributed by atoms with van der Waals surface area (Å²) in [5.41, 5.74) is 1.47.